The van der Waals surface area contributed by atoms with Crippen molar-refractivity contribution in [1.82, 2.24) is 28.7 Å². The molecule has 0 bridgehead atoms. The third-order valence-electron chi connectivity index (χ3n) is 14.0. The van der Waals surface area contributed by atoms with Gasteiger partial charge in [0, 0.05) is 43.4 Å². The van der Waals surface area contributed by atoms with Crippen LogP contribution in [-0.4, -0.2) is 28.7 Å². The summed E-state index contributed by atoms with van der Waals surface area (Å²) in [7, 11) is 0. The Bertz CT molecular complexity index is 4120. The molecule has 0 unspecified atom stereocenters. The van der Waals surface area contributed by atoms with Gasteiger partial charge in [0.15, 0.2) is 11.5 Å². The fraction of sp³-hybridized carbons (Fsp3) is 0. The van der Waals surface area contributed by atoms with E-state index in [1.807, 2.05) is 24.3 Å². The van der Waals surface area contributed by atoms with Gasteiger partial charge >= 0.3 is 0 Å². The smallest absolute Gasteiger partial charge is 0.240 e. The largest absolute Gasteiger partial charge is 0.309 e. The van der Waals surface area contributed by atoms with Gasteiger partial charge < -0.3 is 4.57 Å². The maximum absolute atomic E-state index is 7.82. The van der Waals surface area contributed by atoms with E-state index in [9.17, 15) is 0 Å². The molecule has 71 heavy (non-hydrogen) atoms. The van der Waals surface area contributed by atoms with Crippen molar-refractivity contribution in [3.8, 4) is 62.4 Å². The highest BCUT2D eigenvalue weighted by molar-refractivity contribution is 6.13. The van der Waals surface area contributed by atoms with Gasteiger partial charge in [-0.25, -0.2) is 4.85 Å². The number of para-hydroxylation sites is 4. The van der Waals surface area contributed by atoms with Crippen molar-refractivity contribution in [3.63, 3.8) is 0 Å². The average molecular weight is 906 g/mol. The van der Waals surface area contributed by atoms with Crippen LogP contribution in [0.15, 0.2) is 237 Å². The summed E-state index contributed by atoms with van der Waals surface area (Å²) in [6, 6.07) is 83.0. The molecule has 0 aliphatic carbocycles. The Morgan fingerprint density at radius 1 is 0.296 bits per heavy atom. The highest BCUT2D eigenvalue weighted by Gasteiger charge is 2.23. The second-order valence-corrected chi connectivity index (χ2v) is 17.9. The zero-order valence-electron chi connectivity index (χ0n) is 38.1. The van der Waals surface area contributed by atoms with Gasteiger partial charge in [-0.1, -0.05) is 170 Å². The predicted octanol–water partition coefficient (Wildman–Crippen LogP) is 16.4. The van der Waals surface area contributed by atoms with E-state index in [2.05, 4.69) is 231 Å². The molecule has 10 aromatic carbocycles. The third-order valence-corrected chi connectivity index (χ3v) is 14.0. The predicted molar refractivity (Wildman–Crippen MR) is 291 cm³/mol. The fourth-order valence-corrected chi connectivity index (χ4v) is 10.7. The van der Waals surface area contributed by atoms with Crippen LogP contribution in [0, 0.1) is 6.57 Å². The fourth-order valence-electron chi connectivity index (χ4n) is 10.7. The first kappa shape index (κ1) is 40.2. The van der Waals surface area contributed by atoms with Crippen molar-refractivity contribution in [2.75, 3.05) is 0 Å². The van der Waals surface area contributed by atoms with Crippen LogP contribution in [0.3, 0.4) is 0 Å². The quantitative estimate of drug-likeness (QED) is 0.150. The SMILES string of the molecule is [C-]#[N+]c1ccc(-c2cc(-c3nc(-n4c5ccccc5c5ccccc54)nc(-n4c5ccccc5c5ccccc54)n3)ccc2-n2c3ccc(-c4ccccc4)cc3c3cc(-c4ccccc4)ccc32)cc1. The van der Waals surface area contributed by atoms with Crippen molar-refractivity contribution in [2.24, 2.45) is 0 Å². The Morgan fingerprint density at radius 3 is 1.14 bits per heavy atom. The minimum absolute atomic E-state index is 0.516. The maximum Gasteiger partial charge on any atom is 0.240 e. The molecule has 7 nitrogen and oxygen atoms in total. The number of aromatic nitrogens is 6. The van der Waals surface area contributed by atoms with Crippen LogP contribution in [0.25, 0.3) is 133 Å². The van der Waals surface area contributed by atoms with Gasteiger partial charge in [0.1, 0.15) is 0 Å². The first-order valence-corrected chi connectivity index (χ1v) is 23.7. The normalized spacial score (nSPS) is 11.6. The number of nitrogens with zero attached hydrogens (tertiary/aromatic N) is 7. The Morgan fingerprint density at radius 2 is 0.690 bits per heavy atom. The van der Waals surface area contributed by atoms with E-state index in [1.54, 1.807) is 0 Å². The average Bonchev–Trinajstić information content (AvgIpc) is 4.09. The number of hydrogen-bond donors (Lipinski definition) is 0. The summed E-state index contributed by atoms with van der Waals surface area (Å²) in [5.41, 5.74) is 15.1. The van der Waals surface area contributed by atoms with Crippen LogP contribution in [0.1, 0.15) is 0 Å². The van der Waals surface area contributed by atoms with Crippen LogP contribution in [0.5, 0.6) is 0 Å². The molecule has 14 aromatic rings. The second-order valence-electron chi connectivity index (χ2n) is 17.9. The zero-order valence-corrected chi connectivity index (χ0v) is 38.1. The first-order chi connectivity index (χ1) is 35.2. The molecule has 4 heterocycles. The van der Waals surface area contributed by atoms with E-state index < -0.39 is 0 Å². The molecule has 0 N–H and O–H groups in total. The molecule has 0 saturated heterocycles. The van der Waals surface area contributed by atoms with Crippen molar-refractivity contribution in [1.29, 1.82) is 0 Å². The molecular formula is C64H39N7. The van der Waals surface area contributed by atoms with Gasteiger partial charge in [-0.2, -0.15) is 15.0 Å². The van der Waals surface area contributed by atoms with Gasteiger partial charge in [0.25, 0.3) is 0 Å². The first-order valence-electron chi connectivity index (χ1n) is 23.7. The topological polar surface area (TPSA) is 57.8 Å². The molecule has 7 heteroatoms. The number of benzene rings is 10. The molecule has 0 aliphatic heterocycles. The lowest BCUT2D eigenvalue weighted by Crippen LogP contribution is -2.10. The highest BCUT2D eigenvalue weighted by atomic mass is 15.3. The Balaban J connectivity index is 1.04. The summed E-state index contributed by atoms with van der Waals surface area (Å²) >= 11 is 0. The minimum atomic E-state index is 0.516. The van der Waals surface area contributed by atoms with E-state index >= 15 is 0 Å². The van der Waals surface area contributed by atoms with Gasteiger partial charge in [0.05, 0.1) is 45.4 Å². The van der Waals surface area contributed by atoms with Gasteiger partial charge in [-0.3, -0.25) is 9.13 Å². The third kappa shape index (κ3) is 6.47. The van der Waals surface area contributed by atoms with E-state index in [4.69, 9.17) is 21.5 Å². The lowest BCUT2D eigenvalue weighted by atomic mass is 9.99. The molecular weight excluding hydrogens is 867 g/mol. The molecule has 4 aromatic heterocycles. The van der Waals surface area contributed by atoms with Crippen LogP contribution in [0.2, 0.25) is 0 Å². The molecule has 0 atom stereocenters. The summed E-state index contributed by atoms with van der Waals surface area (Å²) < 4.78 is 6.71. The zero-order chi connectivity index (χ0) is 47.0. The van der Waals surface area contributed by atoms with E-state index in [0.717, 1.165) is 110 Å². The van der Waals surface area contributed by atoms with E-state index in [0.29, 0.717) is 23.4 Å². The summed E-state index contributed by atoms with van der Waals surface area (Å²) in [5, 5.41) is 6.79. The van der Waals surface area contributed by atoms with Gasteiger partial charge in [0.2, 0.25) is 11.9 Å². The molecule has 330 valence electrons. The minimum Gasteiger partial charge on any atom is -0.309 e. The monoisotopic (exact) mass is 905 g/mol. The van der Waals surface area contributed by atoms with E-state index in [1.165, 1.54) is 0 Å². The molecule has 0 saturated carbocycles. The summed E-state index contributed by atoms with van der Waals surface area (Å²) in [6.07, 6.45) is 0. The molecule has 0 fully saturated rings. The van der Waals surface area contributed by atoms with Crippen LogP contribution >= 0.6 is 0 Å². The Kier molecular flexibility index (Phi) is 9.13. The van der Waals surface area contributed by atoms with Crippen LogP contribution in [0.4, 0.5) is 5.69 Å². The lowest BCUT2D eigenvalue weighted by molar-refractivity contribution is 0.893. The van der Waals surface area contributed by atoms with Crippen molar-refractivity contribution >= 4 is 71.1 Å². The van der Waals surface area contributed by atoms with Gasteiger partial charge in [-0.15, -0.1) is 0 Å². The maximum atomic E-state index is 7.82. The summed E-state index contributed by atoms with van der Waals surface area (Å²) in [4.78, 5) is 20.0. The number of rotatable bonds is 7. The molecule has 0 spiro atoms. The van der Waals surface area contributed by atoms with Gasteiger partial charge in [-0.05, 0) is 94.5 Å². The standard InChI is InChI=1S/C64H39N7/c1-65-47-33-28-43(29-34-47)52-40-46(32-37-59(52)69-60-35-30-44(41-16-4-2-5-17-41)38-53(60)54-39-45(31-36-61(54)69)42-18-6-3-7-19-42)62-66-63(70-55-24-12-8-20-48(55)49-21-9-13-25-56(49)70)68-64(67-62)71-57-26-14-10-22-50(57)51-23-11-15-27-58(51)71/h2-40H. The van der Waals surface area contributed by atoms with Crippen LogP contribution in [-0.2, 0) is 0 Å². The summed E-state index contributed by atoms with van der Waals surface area (Å²) in [6.45, 7) is 7.82. The van der Waals surface area contributed by atoms with E-state index in [-0.39, 0.29) is 0 Å². The molecule has 0 radical (unpaired) electrons. The number of fused-ring (bicyclic) bond motifs is 9. The van der Waals surface area contributed by atoms with Crippen molar-refractivity contribution < 1.29 is 0 Å². The molecule has 0 aliphatic rings. The lowest BCUT2D eigenvalue weighted by Gasteiger charge is -2.17. The Hall–Kier alpha value is -9.90. The highest BCUT2D eigenvalue weighted by Crippen LogP contribution is 2.42. The van der Waals surface area contributed by atoms with Crippen molar-refractivity contribution in [2.45, 2.75) is 0 Å². The van der Waals surface area contributed by atoms with Crippen molar-refractivity contribution in [3.05, 3.63) is 248 Å². The number of hydrogen-bond acceptors (Lipinski definition) is 3. The summed E-state index contributed by atoms with van der Waals surface area (Å²) in [5.74, 6) is 1.56. The second kappa shape index (κ2) is 16.1. The molecule has 14 rings (SSSR count). The van der Waals surface area contributed by atoms with Crippen LogP contribution < -0.4 is 0 Å². The molecule has 0 amide bonds. The Labute approximate surface area is 408 Å².